The summed E-state index contributed by atoms with van der Waals surface area (Å²) < 4.78 is 11.1. The first-order valence-corrected chi connectivity index (χ1v) is 7.23. The number of Topliss-reactive ketones (excluding diaryl/α,β-unsaturated/α-hetero) is 1. The number of carbonyl (C=O) groups is 2. The number of aromatic nitrogens is 1. The number of thiophene rings is 1. The highest BCUT2D eigenvalue weighted by Gasteiger charge is 2.21. The number of ether oxygens (including phenoxy) is 2. The zero-order chi connectivity index (χ0) is 16.3. The summed E-state index contributed by atoms with van der Waals surface area (Å²) in [6.45, 7) is 3.44. The maximum Gasteiger partial charge on any atom is 0.310 e. The first-order valence-electron chi connectivity index (χ1n) is 6.41. The molecule has 116 valence electrons. The third kappa shape index (κ3) is 3.09. The van der Waals surface area contributed by atoms with Crippen LogP contribution in [0.2, 0.25) is 0 Å². The normalized spacial score (nSPS) is 11.9. The fraction of sp³-hybridized carbons (Fsp3) is 0.267. The highest BCUT2D eigenvalue weighted by Crippen LogP contribution is 2.34. The molecule has 0 aliphatic carbocycles. The Morgan fingerprint density at radius 2 is 2.14 bits per heavy atom. The molecule has 0 unspecified atom stereocenters. The first kappa shape index (κ1) is 16.0. The molecule has 6 nitrogen and oxygen atoms in total. The van der Waals surface area contributed by atoms with Crippen molar-refractivity contribution in [2.24, 2.45) is 5.92 Å². The van der Waals surface area contributed by atoms with Crippen molar-refractivity contribution in [3.8, 4) is 11.6 Å². The van der Waals surface area contributed by atoms with E-state index < -0.39 is 11.9 Å². The Morgan fingerprint density at radius 1 is 1.41 bits per heavy atom. The van der Waals surface area contributed by atoms with Gasteiger partial charge in [-0.25, -0.2) is 4.98 Å². The Labute approximate surface area is 131 Å². The number of pyridine rings is 1. The SMILES string of the molecule is C=C[C@@H](CC(=O)c1cc2nc(OC)c(OC)cc2s1)C(=O)O. The van der Waals surface area contributed by atoms with Gasteiger partial charge in [0.2, 0.25) is 0 Å². The van der Waals surface area contributed by atoms with Gasteiger partial charge in [-0.1, -0.05) is 6.08 Å². The zero-order valence-electron chi connectivity index (χ0n) is 12.2. The molecule has 2 heterocycles. The maximum absolute atomic E-state index is 12.2. The number of carboxylic acids is 1. The van der Waals surface area contributed by atoms with Crippen LogP contribution in [0.15, 0.2) is 24.8 Å². The van der Waals surface area contributed by atoms with Gasteiger partial charge < -0.3 is 14.6 Å². The molecule has 1 N–H and O–H groups in total. The van der Waals surface area contributed by atoms with Crippen LogP contribution in [0.5, 0.6) is 11.6 Å². The second-order valence-electron chi connectivity index (χ2n) is 4.50. The van der Waals surface area contributed by atoms with Crippen LogP contribution in [0.4, 0.5) is 0 Å². The van der Waals surface area contributed by atoms with E-state index in [1.54, 1.807) is 12.1 Å². The van der Waals surface area contributed by atoms with Gasteiger partial charge in [0, 0.05) is 12.5 Å². The molecule has 0 spiro atoms. The molecular weight excluding hydrogens is 306 g/mol. The standard InChI is InChI=1S/C15H15NO5S/c1-4-8(15(18)19)5-10(17)13-6-9-12(22-13)7-11(20-2)14(16-9)21-3/h4,6-8H,1,5H2,2-3H3,(H,18,19)/t8-/m0/s1. The molecule has 7 heteroatoms. The number of carboxylic acid groups (broad SMARTS) is 1. The van der Waals surface area contributed by atoms with E-state index in [1.165, 1.54) is 31.6 Å². The smallest absolute Gasteiger partial charge is 0.310 e. The number of rotatable bonds is 7. The van der Waals surface area contributed by atoms with E-state index in [2.05, 4.69) is 11.6 Å². The highest BCUT2D eigenvalue weighted by molar-refractivity contribution is 7.20. The summed E-state index contributed by atoms with van der Waals surface area (Å²) in [4.78, 5) is 27.9. The summed E-state index contributed by atoms with van der Waals surface area (Å²) in [6, 6.07) is 3.37. The Hall–Kier alpha value is -2.41. The third-order valence-corrected chi connectivity index (χ3v) is 4.24. The van der Waals surface area contributed by atoms with E-state index in [9.17, 15) is 9.59 Å². The second kappa shape index (κ2) is 6.57. The van der Waals surface area contributed by atoms with Crippen LogP contribution in [0.3, 0.4) is 0 Å². The van der Waals surface area contributed by atoms with Crippen LogP contribution >= 0.6 is 11.3 Å². The van der Waals surface area contributed by atoms with E-state index in [0.717, 1.165) is 4.70 Å². The van der Waals surface area contributed by atoms with Gasteiger partial charge in [-0.3, -0.25) is 9.59 Å². The molecule has 2 rings (SSSR count). The van der Waals surface area contributed by atoms with Crippen molar-refractivity contribution < 1.29 is 24.2 Å². The van der Waals surface area contributed by atoms with Crippen LogP contribution in [0, 0.1) is 5.92 Å². The molecule has 0 amide bonds. The number of hydrogen-bond acceptors (Lipinski definition) is 6. The molecule has 0 saturated carbocycles. The van der Waals surface area contributed by atoms with Crippen LogP contribution in [-0.4, -0.2) is 36.1 Å². The topological polar surface area (TPSA) is 85.7 Å². The minimum absolute atomic E-state index is 0.125. The lowest BCUT2D eigenvalue weighted by molar-refractivity contribution is -0.139. The Kier molecular flexibility index (Phi) is 4.77. The molecule has 1 atom stereocenters. The Bertz CT molecular complexity index is 696. The van der Waals surface area contributed by atoms with Crippen molar-refractivity contribution in [2.75, 3.05) is 14.2 Å². The van der Waals surface area contributed by atoms with Gasteiger partial charge in [0.05, 0.1) is 35.2 Å². The molecular formula is C15H15NO5S. The lowest BCUT2D eigenvalue weighted by atomic mass is 10.0. The zero-order valence-corrected chi connectivity index (χ0v) is 13.0. The number of fused-ring (bicyclic) bond motifs is 1. The lowest BCUT2D eigenvalue weighted by Crippen LogP contribution is -2.15. The van der Waals surface area contributed by atoms with Crippen molar-refractivity contribution in [3.63, 3.8) is 0 Å². The van der Waals surface area contributed by atoms with Crippen LogP contribution in [-0.2, 0) is 4.79 Å². The molecule has 0 fully saturated rings. The van der Waals surface area contributed by atoms with Crippen molar-refractivity contribution in [1.82, 2.24) is 4.98 Å². The minimum Gasteiger partial charge on any atom is -0.491 e. The summed E-state index contributed by atoms with van der Waals surface area (Å²) in [7, 11) is 2.99. The molecule has 0 radical (unpaired) electrons. The van der Waals surface area contributed by atoms with Gasteiger partial charge in [0.25, 0.3) is 5.88 Å². The van der Waals surface area contributed by atoms with Crippen molar-refractivity contribution in [3.05, 3.63) is 29.7 Å². The molecule has 0 aromatic carbocycles. The highest BCUT2D eigenvalue weighted by atomic mass is 32.1. The van der Waals surface area contributed by atoms with Crippen molar-refractivity contribution >= 4 is 33.3 Å². The molecule has 2 aromatic heterocycles. The second-order valence-corrected chi connectivity index (χ2v) is 5.59. The van der Waals surface area contributed by atoms with Gasteiger partial charge in [-0.15, -0.1) is 17.9 Å². The number of carbonyl (C=O) groups excluding carboxylic acids is 1. The summed E-state index contributed by atoms with van der Waals surface area (Å²) in [6.07, 6.45) is 1.14. The lowest BCUT2D eigenvalue weighted by Gasteiger charge is -2.05. The van der Waals surface area contributed by atoms with Crippen molar-refractivity contribution in [1.29, 1.82) is 0 Å². The van der Waals surface area contributed by atoms with E-state index in [1.807, 2.05) is 0 Å². The largest absolute Gasteiger partial charge is 0.491 e. The van der Waals surface area contributed by atoms with Gasteiger partial charge in [-0.2, -0.15) is 0 Å². The predicted molar refractivity (Wildman–Crippen MR) is 83.0 cm³/mol. The fourth-order valence-electron chi connectivity index (χ4n) is 1.93. The van der Waals surface area contributed by atoms with Crippen LogP contribution in [0.1, 0.15) is 16.1 Å². The number of methoxy groups -OCH3 is 2. The number of ketones is 1. The van der Waals surface area contributed by atoms with Crippen molar-refractivity contribution in [2.45, 2.75) is 6.42 Å². The minimum atomic E-state index is -1.06. The number of hydrogen-bond donors (Lipinski definition) is 1. The molecule has 0 saturated heterocycles. The number of nitrogens with zero attached hydrogens (tertiary/aromatic N) is 1. The number of aliphatic carboxylic acids is 1. The van der Waals surface area contributed by atoms with Gasteiger partial charge in [0.15, 0.2) is 11.5 Å². The monoisotopic (exact) mass is 321 g/mol. The molecule has 0 aliphatic rings. The molecule has 2 aromatic rings. The van der Waals surface area contributed by atoms with Gasteiger partial charge >= 0.3 is 5.97 Å². The molecule has 0 aliphatic heterocycles. The summed E-state index contributed by atoms with van der Waals surface area (Å²) >= 11 is 1.24. The van der Waals surface area contributed by atoms with Gasteiger partial charge in [-0.05, 0) is 6.07 Å². The maximum atomic E-state index is 12.2. The summed E-state index contributed by atoms with van der Waals surface area (Å²) in [5, 5.41) is 8.98. The van der Waals surface area contributed by atoms with Gasteiger partial charge in [0.1, 0.15) is 0 Å². The Balaban J connectivity index is 2.34. The van der Waals surface area contributed by atoms with Crippen LogP contribution < -0.4 is 9.47 Å². The average molecular weight is 321 g/mol. The van der Waals surface area contributed by atoms with Crippen LogP contribution in [0.25, 0.3) is 10.2 Å². The predicted octanol–water partition coefficient (Wildman–Crippen LogP) is 2.77. The van der Waals surface area contributed by atoms with E-state index >= 15 is 0 Å². The quantitative estimate of drug-likeness (QED) is 0.623. The summed E-state index contributed by atoms with van der Waals surface area (Å²) in [5.41, 5.74) is 0.608. The molecule has 22 heavy (non-hydrogen) atoms. The summed E-state index contributed by atoms with van der Waals surface area (Å²) in [5.74, 6) is -1.40. The van der Waals surface area contributed by atoms with E-state index in [-0.39, 0.29) is 12.2 Å². The Morgan fingerprint density at radius 3 is 2.68 bits per heavy atom. The molecule has 0 bridgehead atoms. The fourth-order valence-corrected chi connectivity index (χ4v) is 2.91. The first-order chi connectivity index (χ1) is 10.5. The average Bonchev–Trinajstić information content (AvgIpc) is 2.93. The van der Waals surface area contributed by atoms with E-state index in [4.69, 9.17) is 14.6 Å². The van der Waals surface area contributed by atoms with E-state index in [0.29, 0.717) is 22.0 Å². The third-order valence-electron chi connectivity index (χ3n) is 3.13.